The van der Waals surface area contributed by atoms with Crippen molar-refractivity contribution in [2.45, 2.75) is 13.1 Å². The van der Waals surface area contributed by atoms with E-state index in [1.54, 1.807) is 18.2 Å². The van der Waals surface area contributed by atoms with Gasteiger partial charge in [-0.2, -0.15) is 0 Å². The molecule has 1 aliphatic rings. The highest BCUT2D eigenvalue weighted by Crippen LogP contribution is 2.37. The minimum absolute atomic E-state index is 0.154. The normalized spacial score (nSPS) is 12.7. The molecule has 3 rings (SSSR count). The molecule has 0 atom stereocenters. The molecular formula is C15H14FNO3. The topological polar surface area (TPSA) is 50.7 Å². The summed E-state index contributed by atoms with van der Waals surface area (Å²) in [7, 11) is 0. The molecule has 0 saturated heterocycles. The van der Waals surface area contributed by atoms with Crippen LogP contribution >= 0.6 is 0 Å². The van der Waals surface area contributed by atoms with Crippen molar-refractivity contribution in [2.75, 3.05) is 6.79 Å². The van der Waals surface area contributed by atoms with Gasteiger partial charge in [0, 0.05) is 24.7 Å². The van der Waals surface area contributed by atoms with Gasteiger partial charge in [0.15, 0.2) is 11.5 Å². The van der Waals surface area contributed by atoms with E-state index in [1.165, 1.54) is 12.1 Å². The third kappa shape index (κ3) is 2.67. The van der Waals surface area contributed by atoms with Gasteiger partial charge in [0.05, 0.1) is 0 Å². The lowest BCUT2D eigenvalue weighted by molar-refractivity contribution is 0.174. The van der Waals surface area contributed by atoms with Gasteiger partial charge in [-0.3, -0.25) is 0 Å². The number of aromatic hydroxyl groups is 1. The van der Waals surface area contributed by atoms with Gasteiger partial charge >= 0.3 is 0 Å². The van der Waals surface area contributed by atoms with E-state index >= 15 is 0 Å². The van der Waals surface area contributed by atoms with Crippen LogP contribution in [0.4, 0.5) is 4.39 Å². The van der Waals surface area contributed by atoms with Gasteiger partial charge in [-0.05, 0) is 23.8 Å². The lowest BCUT2D eigenvalue weighted by Crippen LogP contribution is -2.12. The van der Waals surface area contributed by atoms with E-state index in [2.05, 4.69) is 5.32 Å². The monoisotopic (exact) mass is 275 g/mol. The second-order valence-corrected chi connectivity index (χ2v) is 4.57. The van der Waals surface area contributed by atoms with E-state index in [1.807, 2.05) is 6.07 Å². The molecule has 2 aromatic carbocycles. The molecule has 0 aliphatic carbocycles. The van der Waals surface area contributed by atoms with Crippen molar-refractivity contribution in [1.82, 2.24) is 5.32 Å². The maximum Gasteiger partial charge on any atom is 0.231 e. The summed E-state index contributed by atoms with van der Waals surface area (Å²) in [6, 6.07) is 9.69. The Hall–Kier alpha value is -2.27. The number of benzene rings is 2. The number of hydrogen-bond donors (Lipinski definition) is 2. The van der Waals surface area contributed by atoms with Crippen LogP contribution in [0.1, 0.15) is 11.1 Å². The summed E-state index contributed by atoms with van der Waals surface area (Å²) in [6.07, 6.45) is 0. The maximum absolute atomic E-state index is 13.0. The Morgan fingerprint density at radius 1 is 1.10 bits per heavy atom. The first-order valence-corrected chi connectivity index (χ1v) is 6.29. The summed E-state index contributed by atoms with van der Waals surface area (Å²) in [5.41, 5.74) is 1.57. The van der Waals surface area contributed by atoms with Crippen LogP contribution in [0.15, 0.2) is 36.4 Å². The summed E-state index contributed by atoms with van der Waals surface area (Å²) in [4.78, 5) is 0. The SMILES string of the molecule is Oc1cc2c(cc1CNCc1cccc(F)c1)OCO2. The van der Waals surface area contributed by atoms with E-state index in [0.29, 0.717) is 30.2 Å². The Balaban J connectivity index is 1.64. The first-order valence-electron chi connectivity index (χ1n) is 6.29. The Kier molecular flexibility index (Phi) is 3.43. The number of hydrogen-bond acceptors (Lipinski definition) is 4. The third-order valence-corrected chi connectivity index (χ3v) is 3.11. The summed E-state index contributed by atoms with van der Waals surface area (Å²) >= 11 is 0. The number of phenolic OH excluding ortho intramolecular Hbond substituents is 1. The lowest BCUT2D eigenvalue weighted by atomic mass is 10.1. The van der Waals surface area contributed by atoms with E-state index < -0.39 is 0 Å². The Bertz CT molecular complexity index is 631. The number of rotatable bonds is 4. The predicted octanol–water partition coefficient (Wildman–Crippen LogP) is 2.55. The van der Waals surface area contributed by atoms with Crippen molar-refractivity contribution in [3.05, 3.63) is 53.3 Å². The third-order valence-electron chi connectivity index (χ3n) is 3.11. The Labute approximate surface area is 115 Å². The minimum Gasteiger partial charge on any atom is -0.507 e. The fourth-order valence-electron chi connectivity index (χ4n) is 2.10. The minimum atomic E-state index is -0.254. The van der Waals surface area contributed by atoms with Crippen LogP contribution in [0.25, 0.3) is 0 Å². The van der Waals surface area contributed by atoms with Gasteiger partial charge in [-0.15, -0.1) is 0 Å². The molecule has 4 nitrogen and oxygen atoms in total. The molecule has 0 aromatic heterocycles. The summed E-state index contributed by atoms with van der Waals surface area (Å²) in [5.74, 6) is 1.08. The fraction of sp³-hybridized carbons (Fsp3) is 0.200. The van der Waals surface area contributed by atoms with Crippen molar-refractivity contribution in [3.63, 3.8) is 0 Å². The Morgan fingerprint density at radius 3 is 2.70 bits per heavy atom. The van der Waals surface area contributed by atoms with Crippen molar-refractivity contribution in [3.8, 4) is 17.2 Å². The second-order valence-electron chi connectivity index (χ2n) is 4.57. The van der Waals surface area contributed by atoms with E-state index in [9.17, 15) is 9.50 Å². The van der Waals surface area contributed by atoms with Gasteiger partial charge in [0.1, 0.15) is 11.6 Å². The van der Waals surface area contributed by atoms with Crippen molar-refractivity contribution in [2.24, 2.45) is 0 Å². The quantitative estimate of drug-likeness (QED) is 0.900. The molecule has 5 heteroatoms. The number of phenols is 1. The number of ether oxygens (including phenoxy) is 2. The molecule has 0 bridgehead atoms. The standard InChI is InChI=1S/C15H14FNO3/c16-12-3-1-2-10(4-12)7-17-8-11-5-14-15(6-13(11)18)20-9-19-14/h1-6,17-18H,7-9H2. The van der Waals surface area contributed by atoms with Crippen LogP contribution in [-0.4, -0.2) is 11.9 Å². The van der Waals surface area contributed by atoms with Gasteiger partial charge in [0.25, 0.3) is 0 Å². The Morgan fingerprint density at radius 2 is 1.90 bits per heavy atom. The van der Waals surface area contributed by atoms with Gasteiger partial charge in [-0.1, -0.05) is 12.1 Å². The number of halogens is 1. The highest BCUT2D eigenvalue weighted by molar-refractivity contribution is 5.51. The molecule has 0 fully saturated rings. The van der Waals surface area contributed by atoms with Crippen LogP contribution in [0.2, 0.25) is 0 Å². The highest BCUT2D eigenvalue weighted by Gasteiger charge is 2.16. The average Bonchev–Trinajstić information content (AvgIpc) is 2.86. The van der Waals surface area contributed by atoms with Crippen LogP contribution in [-0.2, 0) is 13.1 Å². The smallest absolute Gasteiger partial charge is 0.231 e. The van der Waals surface area contributed by atoms with Gasteiger partial charge in [-0.25, -0.2) is 4.39 Å². The molecule has 0 radical (unpaired) electrons. The summed E-state index contributed by atoms with van der Waals surface area (Å²) in [6.45, 7) is 1.15. The molecule has 2 N–H and O–H groups in total. The zero-order valence-electron chi connectivity index (χ0n) is 10.7. The lowest BCUT2D eigenvalue weighted by Gasteiger charge is -2.08. The average molecular weight is 275 g/mol. The predicted molar refractivity (Wildman–Crippen MR) is 71.2 cm³/mol. The molecule has 2 aromatic rings. The van der Waals surface area contributed by atoms with Crippen LogP contribution in [0.3, 0.4) is 0 Å². The first-order chi connectivity index (χ1) is 9.72. The van der Waals surface area contributed by atoms with Gasteiger partial charge < -0.3 is 19.9 Å². The van der Waals surface area contributed by atoms with Crippen LogP contribution in [0, 0.1) is 5.82 Å². The second kappa shape index (κ2) is 5.38. The van der Waals surface area contributed by atoms with Crippen LogP contribution in [0.5, 0.6) is 17.2 Å². The van der Waals surface area contributed by atoms with E-state index in [0.717, 1.165) is 5.56 Å². The molecule has 0 saturated carbocycles. The summed E-state index contributed by atoms with van der Waals surface area (Å²) < 4.78 is 23.5. The van der Waals surface area contributed by atoms with Gasteiger partial charge in [0.2, 0.25) is 6.79 Å². The molecule has 0 spiro atoms. The molecule has 104 valence electrons. The van der Waals surface area contributed by atoms with E-state index in [-0.39, 0.29) is 18.4 Å². The highest BCUT2D eigenvalue weighted by atomic mass is 19.1. The maximum atomic E-state index is 13.0. The molecule has 20 heavy (non-hydrogen) atoms. The fourth-order valence-corrected chi connectivity index (χ4v) is 2.10. The largest absolute Gasteiger partial charge is 0.507 e. The zero-order valence-corrected chi connectivity index (χ0v) is 10.7. The molecule has 0 amide bonds. The number of nitrogens with one attached hydrogen (secondary N) is 1. The van der Waals surface area contributed by atoms with Crippen molar-refractivity contribution < 1.29 is 19.0 Å². The van der Waals surface area contributed by atoms with E-state index in [4.69, 9.17) is 9.47 Å². The zero-order chi connectivity index (χ0) is 13.9. The van der Waals surface area contributed by atoms with Crippen LogP contribution < -0.4 is 14.8 Å². The summed E-state index contributed by atoms with van der Waals surface area (Å²) in [5, 5.41) is 13.0. The van der Waals surface area contributed by atoms with Crippen molar-refractivity contribution in [1.29, 1.82) is 0 Å². The first kappa shape index (κ1) is 12.7. The molecule has 0 unspecified atom stereocenters. The van der Waals surface area contributed by atoms with Crippen molar-refractivity contribution >= 4 is 0 Å². The number of fused-ring (bicyclic) bond motifs is 1. The molecule has 1 aliphatic heterocycles. The molecular weight excluding hydrogens is 261 g/mol. The molecule has 1 heterocycles.